The van der Waals surface area contributed by atoms with E-state index in [0.29, 0.717) is 17.5 Å². The van der Waals surface area contributed by atoms with Crippen LogP contribution in [0, 0.1) is 5.92 Å². The lowest BCUT2D eigenvalue weighted by Crippen LogP contribution is -2.64. The number of benzene rings is 3. The van der Waals surface area contributed by atoms with Crippen molar-refractivity contribution in [1.82, 2.24) is 14.9 Å². The molecular formula is C34H37N3O6. The van der Waals surface area contributed by atoms with Crippen molar-refractivity contribution in [3.8, 4) is 0 Å². The van der Waals surface area contributed by atoms with Crippen LogP contribution >= 0.6 is 0 Å². The van der Waals surface area contributed by atoms with Gasteiger partial charge in [-0.15, -0.1) is 0 Å². The zero-order chi connectivity index (χ0) is 31.1. The van der Waals surface area contributed by atoms with Crippen molar-refractivity contribution in [2.75, 3.05) is 0 Å². The van der Waals surface area contributed by atoms with Crippen molar-refractivity contribution in [3.05, 3.63) is 114 Å². The van der Waals surface area contributed by atoms with E-state index in [9.17, 15) is 29.4 Å². The highest BCUT2D eigenvalue weighted by atomic mass is 16.4. The van der Waals surface area contributed by atoms with Gasteiger partial charge in [-0.05, 0) is 29.9 Å². The van der Waals surface area contributed by atoms with Gasteiger partial charge in [-0.3, -0.25) is 14.4 Å². The molecule has 0 spiro atoms. The fraction of sp³-hybridized carbons (Fsp3) is 0.294. The van der Waals surface area contributed by atoms with Gasteiger partial charge in [0.25, 0.3) is 5.91 Å². The minimum atomic E-state index is -2.00. The molecule has 0 aromatic heterocycles. The van der Waals surface area contributed by atoms with E-state index in [4.69, 9.17) is 0 Å². The van der Waals surface area contributed by atoms with Gasteiger partial charge in [0.2, 0.25) is 11.8 Å². The number of aliphatic carboxylic acids is 1. The Labute approximate surface area is 251 Å². The predicted octanol–water partition coefficient (Wildman–Crippen LogP) is 4.13. The number of hydrazine groups is 1. The molecule has 9 heteroatoms. The lowest BCUT2D eigenvalue weighted by molar-refractivity contribution is -0.175. The van der Waals surface area contributed by atoms with Crippen LogP contribution in [-0.2, 0) is 32.0 Å². The van der Waals surface area contributed by atoms with E-state index < -0.39 is 36.0 Å². The van der Waals surface area contributed by atoms with E-state index >= 15 is 0 Å². The second-order valence-electron chi connectivity index (χ2n) is 10.9. The van der Waals surface area contributed by atoms with Gasteiger partial charge in [-0.1, -0.05) is 105 Å². The molecule has 3 amide bonds. The summed E-state index contributed by atoms with van der Waals surface area (Å²) in [6.07, 6.45) is 0.168. The lowest BCUT2D eigenvalue weighted by Gasteiger charge is -2.47. The first-order valence-electron chi connectivity index (χ1n) is 14.3. The van der Waals surface area contributed by atoms with Crippen LogP contribution in [0.1, 0.15) is 43.9 Å². The summed E-state index contributed by atoms with van der Waals surface area (Å²) >= 11 is 0. The van der Waals surface area contributed by atoms with Crippen LogP contribution in [0.5, 0.6) is 0 Å². The van der Waals surface area contributed by atoms with Gasteiger partial charge >= 0.3 is 5.97 Å². The number of carboxylic acids is 1. The molecule has 4 rings (SSSR count). The van der Waals surface area contributed by atoms with Crippen molar-refractivity contribution in [1.29, 1.82) is 0 Å². The molecule has 0 saturated heterocycles. The zero-order valence-electron chi connectivity index (χ0n) is 24.5. The molecule has 0 radical (unpaired) electrons. The summed E-state index contributed by atoms with van der Waals surface area (Å²) in [6.45, 7) is 4.85. The highest BCUT2D eigenvalue weighted by Gasteiger charge is 2.47. The smallest absolute Gasteiger partial charge is 0.334 e. The average molecular weight is 584 g/mol. The van der Waals surface area contributed by atoms with E-state index in [2.05, 4.69) is 0 Å². The topological polar surface area (TPSA) is 118 Å². The molecular weight excluding hydrogens is 546 g/mol. The molecule has 1 aliphatic rings. The van der Waals surface area contributed by atoms with Crippen LogP contribution in [0.4, 0.5) is 0 Å². The van der Waals surface area contributed by atoms with Gasteiger partial charge in [-0.2, -0.15) is 0 Å². The fourth-order valence-corrected chi connectivity index (χ4v) is 5.39. The first-order chi connectivity index (χ1) is 20.6. The van der Waals surface area contributed by atoms with Crippen molar-refractivity contribution in [2.24, 2.45) is 5.92 Å². The molecule has 9 nitrogen and oxygen atoms in total. The SMILES string of the molecule is CC(=O)N([C@@H](Cc1ccccc1)C(O)C(=O)O)N1C(=O)C(C(C)C)N(C(=O)CCc2ccccc2)C=C1c1ccccc1. The van der Waals surface area contributed by atoms with E-state index in [1.54, 1.807) is 66.9 Å². The minimum absolute atomic E-state index is 0.0359. The summed E-state index contributed by atoms with van der Waals surface area (Å²) < 4.78 is 0. The largest absolute Gasteiger partial charge is 0.479 e. The number of aliphatic hydroxyl groups excluding tert-OH is 1. The monoisotopic (exact) mass is 583 g/mol. The minimum Gasteiger partial charge on any atom is -0.479 e. The number of carbonyl (C=O) groups excluding carboxylic acids is 3. The van der Waals surface area contributed by atoms with Crippen LogP contribution < -0.4 is 0 Å². The summed E-state index contributed by atoms with van der Waals surface area (Å²) in [5, 5.41) is 23.0. The second kappa shape index (κ2) is 13.9. The zero-order valence-corrected chi connectivity index (χ0v) is 24.5. The quantitative estimate of drug-likeness (QED) is 0.351. The Balaban J connectivity index is 1.84. The van der Waals surface area contributed by atoms with Gasteiger partial charge in [-0.25, -0.2) is 14.8 Å². The summed E-state index contributed by atoms with van der Waals surface area (Å²) in [6, 6.07) is 25.0. The average Bonchev–Trinajstić information content (AvgIpc) is 3.00. The molecule has 3 aromatic carbocycles. The molecule has 1 aliphatic heterocycles. The number of aryl methyl sites for hydroxylation is 1. The molecule has 0 fully saturated rings. The molecule has 1 heterocycles. The number of aliphatic hydroxyl groups is 1. The van der Waals surface area contributed by atoms with Gasteiger partial charge in [0.1, 0.15) is 6.04 Å². The van der Waals surface area contributed by atoms with Gasteiger partial charge in [0, 0.05) is 25.1 Å². The molecule has 224 valence electrons. The maximum Gasteiger partial charge on any atom is 0.334 e. The summed E-state index contributed by atoms with van der Waals surface area (Å²) in [5.41, 5.74) is 2.42. The van der Waals surface area contributed by atoms with E-state index in [1.807, 2.05) is 44.2 Å². The molecule has 0 aliphatic carbocycles. The van der Waals surface area contributed by atoms with Gasteiger partial charge in [0.05, 0.1) is 11.7 Å². The number of carboxylic acid groups (broad SMARTS) is 1. The third-order valence-corrected chi connectivity index (χ3v) is 7.47. The van der Waals surface area contributed by atoms with Crippen LogP contribution in [0.15, 0.2) is 97.2 Å². The number of hydrogen-bond donors (Lipinski definition) is 2. The first kappa shape index (κ1) is 31.2. The van der Waals surface area contributed by atoms with Crippen molar-refractivity contribution in [2.45, 2.75) is 58.2 Å². The Morgan fingerprint density at radius 2 is 1.40 bits per heavy atom. The van der Waals surface area contributed by atoms with Crippen molar-refractivity contribution in [3.63, 3.8) is 0 Å². The van der Waals surface area contributed by atoms with Crippen LogP contribution in [0.25, 0.3) is 5.70 Å². The maximum absolute atomic E-state index is 14.5. The Bertz CT molecular complexity index is 1460. The van der Waals surface area contributed by atoms with E-state index in [1.165, 1.54) is 11.8 Å². The van der Waals surface area contributed by atoms with E-state index in [0.717, 1.165) is 15.6 Å². The van der Waals surface area contributed by atoms with Crippen molar-refractivity contribution >= 4 is 29.4 Å². The third kappa shape index (κ3) is 7.18. The Kier molecular flexibility index (Phi) is 10.1. The summed E-state index contributed by atoms with van der Waals surface area (Å²) in [4.78, 5) is 55.2. The molecule has 0 saturated carbocycles. The first-order valence-corrected chi connectivity index (χ1v) is 14.3. The Hall–Kier alpha value is -4.76. The highest BCUT2D eigenvalue weighted by Crippen LogP contribution is 2.34. The Morgan fingerprint density at radius 1 is 0.860 bits per heavy atom. The number of rotatable bonds is 11. The molecule has 43 heavy (non-hydrogen) atoms. The van der Waals surface area contributed by atoms with Crippen molar-refractivity contribution < 1.29 is 29.4 Å². The molecule has 3 atom stereocenters. The van der Waals surface area contributed by atoms with E-state index in [-0.39, 0.29) is 30.4 Å². The molecule has 2 N–H and O–H groups in total. The normalized spacial score (nSPS) is 16.4. The van der Waals surface area contributed by atoms with Crippen LogP contribution in [-0.4, -0.2) is 67.0 Å². The molecule has 2 unspecified atom stereocenters. The highest BCUT2D eigenvalue weighted by molar-refractivity contribution is 5.98. The second-order valence-corrected chi connectivity index (χ2v) is 10.9. The number of amides is 3. The molecule has 3 aromatic rings. The predicted molar refractivity (Wildman–Crippen MR) is 162 cm³/mol. The standard InChI is InChI=1S/C34H37N3O6/c1-23(2)31-33(41)37(36(24(3)38)28(32(40)34(42)43)21-26-15-9-5-10-16-26)29(27-17-11-6-12-18-27)22-35(31)30(39)20-19-25-13-7-4-8-14-25/h4-18,22-23,28,31-32,40H,19-21H2,1-3H3,(H,42,43)/t28-,31?,32?/m0/s1. The number of carbonyl (C=O) groups is 4. The Morgan fingerprint density at radius 3 is 1.91 bits per heavy atom. The fourth-order valence-electron chi connectivity index (χ4n) is 5.39. The lowest BCUT2D eigenvalue weighted by atomic mass is 9.96. The molecule has 0 bridgehead atoms. The maximum atomic E-state index is 14.5. The van der Waals surface area contributed by atoms with Gasteiger partial charge in [0.15, 0.2) is 6.10 Å². The van der Waals surface area contributed by atoms with Crippen LogP contribution in [0.2, 0.25) is 0 Å². The summed E-state index contributed by atoms with van der Waals surface area (Å²) in [7, 11) is 0. The van der Waals surface area contributed by atoms with Crippen LogP contribution in [0.3, 0.4) is 0 Å². The number of hydrogen-bond acceptors (Lipinski definition) is 5. The van der Waals surface area contributed by atoms with Gasteiger partial charge < -0.3 is 15.1 Å². The number of nitrogens with zero attached hydrogens (tertiary/aromatic N) is 3. The third-order valence-electron chi connectivity index (χ3n) is 7.47. The summed E-state index contributed by atoms with van der Waals surface area (Å²) in [5.74, 6) is -3.35.